The number of halogens is 1. The van der Waals surface area contributed by atoms with Crippen LogP contribution in [0.25, 0.3) is 0 Å². The fourth-order valence-corrected chi connectivity index (χ4v) is 2.46. The number of hydrogen-bond donors (Lipinski definition) is 2. The van der Waals surface area contributed by atoms with Gasteiger partial charge in [-0.25, -0.2) is 9.18 Å². The van der Waals surface area contributed by atoms with Crippen molar-refractivity contribution in [3.8, 4) is 0 Å². The zero-order valence-electron chi connectivity index (χ0n) is 12.1. The first-order chi connectivity index (χ1) is 9.90. The summed E-state index contributed by atoms with van der Waals surface area (Å²) in [6, 6.07) is 4.00. The van der Waals surface area contributed by atoms with Crippen LogP contribution in [0, 0.1) is 17.7 Å². The molecule has 1 atom stereocenters. The highest BCUT2D eigenvalue weighted by Gasteiger charge is 2.27. The molecule has 0 bridgehead atoms. The fraction of sp³-hybridized carbons (Fsp3) is 0.467. The quantitative estimate of drug-likeness (QED) is 0.895. The summed E-state index contributed by atoms with van der Waals surface area (Å²) in [5.41, 5.74) is 1.48. The predicted octanol–water partition coefficient (Wildman–Crippen LogP) is 2.25. The maximum absolute atomic E-state index is 13.3. The Labute approximate surface area is 122 Å². The third kappa shape index (κ3) is 3.32. The molecule has 0 spiro atoms. The zero-order valence-corrected chi connectivity index (χ0v) is 12.1. The van der Waals surface area contributed by atoms with Crippen molar-refractivity contribution in [3.63, 3.8) is 0 Å². The molecule has 2 N–H and O–H groups in total. The van der Waals surface area contributed by atoms with Crippen molar-refractivity contribution < 1.29 is 19.1 Å². The highest BCUT2D eigenvalue weighted by molar-refractivity contribution is 5.94. The first kappa shape index (κ1) is 15.3. The van der Waals surface area contributed by atoms with E-state index in [1.165, 1.54) is 17.0 Å². The summed E-state index contributed by atoms with van der Waals surface area (Å²) in [6.07, 6.45) is 0.676. The lowest BCUT2D eigenvalue weighted by molar-refractivity contribution is -0.142. The molecule has 1 aliphatic heterocycles. The number of benzene rings is 1. The minimum atomic E-state index is -0.932. The molecular formula is C15H19FN2O3. The van der Waals surface area contributed by atoms with E-state index >= 15 is 0 Å². The van der Waals surface area contributed by atoms with Crippen molar-refractivity contribution in [3.05, 3.63) is 29.6 Å². The number of aliphatic carboxylic acids is 1. The van der Waals surface area contributed by atoms with Crippen LogP contribution in [0.1, 0.15) is 19.4 Å². The highest BCUT2D eigenvalue weighted by atomic mass is 19.1. The summed E-state index contributed by atoms with van der Waals surface area (Å²) in [4.78, 5) is 24.7. The van der Waals surface area contributed by atoms with E-state index in [2.05, 4.69) is 5.32 Å². The molecule has 1 unspecified atom stereocenters. The Bertz CT molecular complexity index is 560. The van der Waals surface area contributed by atoms with Gasteiger partial charge in [0, 0.05) is 13.1 Å². The molecular weight excluding hydrogens is 275 g/mol. The van der Waals surface area contributed by atoms with Crippen molar-refractivity contribution in [1.29, 1.82) is 0 Å². The summed E-state index contributed by atoms with van der Waals surface area (Å²) < 4.78 is 13.3. The molecule has 0 aliphatic carbocycles. The van der Waals surface area contributed by atoms with Crippen LogP contribution in [0.2, 0.25) is 0 Å². The normalized spacial score (nSPS) is 15.0. The molecule has 1 aromatic carbocycles. The number of fused-ring (bicyclic) bond motifs is 1. The number of rotatable bonds is 4. The van der Waals surface area contributed by atoms with E-state index in [1.807, 2.05) is 0 Å². The Hall–Kier alpha value is -2.11. The smallest absolute Gasteiger partial charge is 0.321 e. The molecule has 1 heterocycles. The lowest BCUT2D eigenvalue weighted by atomic mass is 9.96. The molecule has 2 rings (SSSR count). The maximum Gasteiger partial charge on any atom is 0.321 e. The van der Waals surface area contributed by atoms with E-state index in [0.29, 0.717) is 18.7 Å². The lowest BCUT2D eigenvalue weighted by Gasteiger charge is -2.21. The van der Waals surface area contributed by atoms with Crippen LogP contribution in [0.5, 0.6) is 0 Å². The van der Waals surface area contributed by atoms with Crippen LogP contribution in [-0.4, -0.2) is 30.2 Å². The fourth-order valence-electron chi connectivity index (χ4n) is 2.46. The number of carboxylic acids is 1. The van der Waals surface area contributed by atoms with E-state index in [1.54, 1.807) is 19.9 Å². The second-order valence-electron chi connectivity index (χ2n) is 5.55. The Kier molecular flexibility index (Phi) is 4.45. The minimum absolute atomic E-state index is 0.0625. The SMILES string of the molecule is CC(C)C(CNC(=O)N1CCc2ccc(F)cc21)C(=O)O. The van der Waals surface area contributed by atoms with Crippen LogP contribution in [0.4, 0.5) is 14.9 Å². The van der Waals surface area contributed by atoms with Crippen molar-refractivity contribution in [2.45, 2.75) is 20.3 Å². The van der Waals surface area contributed by atoms with Gasteiger partial charge in [0.05, 0.1) is 11.6 Å². The predicted molar refractivity (Wildman–Crippen MR) is 76.8 cm³/mol. The third-order valence-corrected chi connectivity index (χ3v) is 3.78. The van der Waals surface area contributed by atoms with E-state index in [0.717, 1.165) is 5.56 Å². The zero-order chi connectivity index (χ0) is 15.6. The van der Waals surface area contributed by atoms with Crippen LogP contribution >= 0.6 is 0 Å². The Balaban J connectivity index is 2.03. The number of nitrogens with one attached hydrogen (secondary N) is 1. The van der Waals surface area contributed by atoms with Gasteiger partial charge in [0.1, 0.15) is 5.82 Å². The largest absolute Gasteiger partial charge is 0.481 e. The van der Waals surface area contributed by atoms with E-state index in [4.69, 9.17) is 5.11 Å². The summed E-state index contributed by atoms with van der Waals surface area (Å²) in [7, 11) is 0. The Morgan fingerprint density at radius 1 is 1.43 bits per heavy atom. The Morgan fingerprint density at radius 3 is 2.76 bits per heavy atom. The highest BCUT2D eigenvalue weighted by Crippen LogP contribution is 2.28. The van der Waals surface area contributed by atoms with Crippen molar-refractivity contribution in [1.82, 2.24) is 5.32 Å². The van der Waals surface area contributed by atoms with Gasteiger partial charge in [0.15, 0.2) is 0 Å². The summed E-state index contributed by atoms with van der Waals surface area (Å²) in [5, 5.41) is 11.7. The molecule has 21 heavy (non-hydrogen) atoms. The molecule has 0 radical (unpaired) electrons. The molecule has 0 saturated heterocycles. The van der Waals surface area contributed by atoms with E-state index < -0.39 is 11.9 Å². The van der Waals surface area contributed by atoms with E-state index in [9.17, 15) is 14.0 Å². The first-order valence-electron chi connectivity index (χ1n) is 6.96. The molecule has 1 aromatic rings. The number of amides is 2. The van der Waals surface area contributed by atoms with Gasteiger partial charge < -0.3 is 10.4 Å². The molecule has 5 nitrogen and oxygen atoms in total. The number of carbonyl (C=O) groups is 2. The van der Waals surface area contributed by atoms with Gasteiger partial charge in [-0.1, -0.05) is 19.9 Å². The second kappa shape index (κ2) is 6.11. The van der Waals surface area contributed by atoms with Crippen LogP contribution < -0.4 is 10.2 Å². The second-order valence-corrected chi connectivity index (χ2v) is 5.55. The summed E-state index contributed by atoms with van der Waals surface area (Å²) in [5.74, 6) is -2.04. The van der Waals surface area contributed by atoms with Crippen molar-refractivity contribution in [2.24, 2.45) is 11.8 Å². The standard InChI is InChI=1S/C15H19FN2O3/c1-9(2)12(14(19)20)8-17-15(21)18-6-5-10-3-4-11(16)7-13(10)18/h3-4,7,9,12H,5-6,8H2,1-2H3,(H,17,21)(H,19,20). The van der Waals surface area contributed by atoms with Crippen molar-refractivity contribution >= 4 is 17.7 Å². The van der Waals surface area contributed by atoms with Crippen molar-refractivity contribution in [2.75, 3.05) is 18.0 Å². The number of nitrogens with zero attached hydrogens (tertiary/aromatic N) is 1. The molecule has 0 saturated carbocycles. The van der Waals surface area contributed by atoms with Gasteiger partial charge in [0.2, 0.25) is 0 Å². The maximum atomic E-state index is 13.3. The first-order valence-corrected chi connectivity index (χ1v) is 6.96. The number of urea groups is 1. The molecule has 114 valence electrons. The average Bonchev–Trinajstić information content (AvgIpc) is 2.80. The van der Waals surface area contributed by atoms with Gasteiger partial charge >= 0.3 is 12.0 Å². The number of carboxylic acid groups (broad SMARTS) is 1. The summed E-state index contributed by atoms with van der Waals surface area (Å²) >= 11 is 0. The van der Waals surface area contributed by atoms with Gasteiger partial charge in [-0.05, 0) is 30.0 Å². The molecule has 2 amide bonds. The average molecular weight is 294 g/mol. The van der Waals surface area contributed by atoms with Gasteiger partial charge in [-0.15, -0.1) is 0 Å². The minimum Gasteiger partial charge on any atom is -0.481 e. The third-order valence-electron chi connectivity index (χ3n) is 3.78. The van der Waals surface area contributed by atoms with Crippen LogP contribution in [0.3, 0.4) is 0 Å². The number of hydrogen-bond acceptors (Lipinski definition) is 2. The molecule has 0 aromatic heterocycles. The van der Waals surface area contributed by atoms with Crippen LogP contribution in [0.15, 0.2) is 18.2 Å². The summed E-state index contributed by atoms with van der Waals surface area (Å²) in [6.45, 7) is 4.13. The molecule has 1 aliphatic rings. The molecule has 0 fully saturated rings. The Morgan fingerprint density at radius 2 is 2.14 bits per heavy atom. The van der Waals surface area contributed by atoms with Crippen LogP contribution in [-0.2, 0) is 11.2 Å². The van der Waals surface area contributed by atoms with Gasteiger partial charge in [-0.2, -0.15) is 0 Å². The van der Waals surface area contributed by atoms with Gasteiger partial charge in [0.25, 0.3) is 0 Å². The monoisotopic (exact) mass is 294 g/mol. The lowest BCUT2D eigenvalue weighted by Crippen LogP contribution is -2.43. The van der Waals surface area contributed by atoms with Gasteiger partial charge in [-0.3, -0.25) is 9.69 Å². The topological polar surface area (TPSA) is 69.6 Å². The number of anilines is 1. The molecule has 6 heteroatoms. The van der Waals surface area contributed by atoms with E-state index in [-0.39, 0.29) is 24.3 Å². The number of carbonyl (C=O) groups excluding carboxylic acids is 1.